The molecule has 2 aliphatic rings. The number of hydrogen-bond donors (Lipinski definition) is 0. The number of benzene rings is 1. The number of aromatic nitrogens is 3. The Morgan fingerprint density at radius 3 is 2.76 bits per heavy atom. The van der Waals surface area contributed by atoms with Gasteiger partial charge >= 0.3 is 11.8 Å². The fraction of sp³-hybridized carbons (Fsp3) is 0.375. The summed E-state index contributed by atoms with van der Waals surface area (Å²) in [5, 5.41) is 11.9. The molecule has 0 unspecified atom stereocenters. The lowest BCUT2D eigenvalue weighted by Gasteiger charge is -2.37. The zero-order valence-corrected chi connectivity index (χ0v) is 14.1. The van der Waals surface area contributed by atoms with Crippen LogP contribution < -0.4 is 9.64 Å². The monoisotopic (exact) mass is 357 g/mol. The summed E-state index contributed by atoms with van der Waals surface area (Å²) in [5.41, 5.74) is 0.734. The number of imidazole rings is 1. The minimum Gasteiger partial charge on any atom is -0.437 e. The van der Waals surface area contributed by atoms with Gasteiger partial charge in [-0.2, -0.15) is 0 Å². The lowest BCUT2D eigenvalue weighted by atomic mass is 9.92. The van der Waals surface area contributed by atoms with Crippen LogP contribution in [0, 0.1) is 10.1 Å². The van der Waals surface area contributed by atoms with Gasteiger partial charge in [0.25, 0.3) is 0 Å². The average Bonchev–Trinajstić information content (AvgIpc) is 3.26. The van der Waals surface area contributed by atoms with Crippen LogP contribution in [0.1, 0.15) is 12.8 Å². The summed E-state index contributed by atoms with van der Waals surface area (Å²) in [6.45, 7) is 2.33. The van der Waals surface area contributed by atoms with E-state index >= 15 is 0 Å². The van der Waals surface area contributed by atoms with Crippen LogP contribution in [0.4, 0.5) is 10.9 Å². The van der Waals surface area contributed by atoms with Crippen LogP contribution in [0.5, 0.6) is 6.01 Å². The second-order valence-electron chi connectivity index (χ2n) is 6.50. The molecular weight excluding hydrogens is 342 g/mol. The standard InChI is InChI=1S/C16H15N5O3S/c22-21(23)13-9-20-10-16(24-14(20)18-13)5-7-19(8-6-16)15-17-11-3-1-2-4-12(11)25-15/h1-4,9H,5-8,10H2. The molecule has 1 fully saturated rings. The van der Waals surface area contributed by atoms with Gasteiger partial charge < -0.3 is 19.8 Å². The molecular formula is C16H15N5O3S. The summed E-state index contributed by atoms with van der Waals surface area (Å²) < 4.78 is 8.97. The van der Waals surface area contributed by atoms with Gasteiger partial charge in [0.05, 0.1) is 16.8 Å². The molecule has 0 aliphatic carbocycles. The van der Waals surface area contributed by atoms with Crippen LogP contribution in [-0.4, -0.2) is 38.1 Å². The average molecular weight is 357 g/mol. The number of anilines is 1. The smallest absolute Gasteiger partial charge is 0.415 e. The normalized spacial score (nSPS) is 18.5. The molecule has 8 nitrogen and oxygen atoms in total. The number of nitro groups is 1. The number of nitrogens with zero attached hydrogens (tertiary/aromatic N) is 5. The van der Waals surface area contributed by atoms with Crippen LogP contribution in [0.2, 0.25) is 0 Å². The first-order chi connectivity index (χ1) is 12.1. The summed E-state index contributed by atoms with van der Waals surface area (Å²) in [4.78, 5) is 21.3. The zero-order valence-electron chi connectivity index (χ0n) is 13.3. The maximum Gasteiger partial charge on any atom is 0.415 e. The zero-order chi connectivity index (χ0) is 17.0. The van der Waals surface area contributed by atoms with Gasteiger partial charge in [0.2, 0.25) is 0 Å². The van der Waals surface area contributed by atoms with E-state index in [1.807, 2.05) is 18.2 Å². The molecule has 5 rings (SSSR count). The third kappa shape index (κ3) is 2.34. The third-order valence-electron chi connectivity index (χ3n) is 4.91. The van der Waals surface area contributed by atoms with Crippen LogP contribution >= 0.6 is 11.3 Å². The Morgan fingerprint density at radius 2 is 2.04 bits per heavy atom. The molecule has 4 heterocycles. The van der Waals surface area contributed by atoms with Crippen LogP contribution in [0.3, 0.4) is 0 Å². The van der Waals surface area contributed by atoms with Crippen LogP contribution in [-0.2, 0) is 6.54 Å². The number of piperidine rings is 1. The predicted molar refractivity (Wildman–Crippen MR) is 93.3 cm³/mol. The topological polar surface area (TPSA) is 86.3 Å². The van der Waals surface area contributed by atoms with E-state index in [-0.39, 0.29) is 11.4 Å². The van der Waals surface area contributed by atoms with Crippen molar-refractivity contribution in [3.05, 3.63) is 40.6 Å². The van der Waals surface area contributed by atoms with Crippen LogP contribution in [0.15, 0.2) is 30.5 Å². The molecule has 2 aliphatic heterocycles. The largest absolute Gasteiger partial charge is 0.437 e. The summed E-state index contributed by atoms with van der Waals surface area (Å²) in [7, 11) is 0. The SMILES string of the molecule is O=[N+]([O-])c1cn2c(n1)OC1(CCN(c3nc4ccccc4s3)CC1)C2. The molecule has 2 aromatic heterocycles. The van der Waals surface area contributed by atoms with Crippen molar-refractivity contribution in [3.63, 3.8) is 0 Å². The van der Waals surface area contributed by atoms with E-state index in [4.69, 9.17) is 9.72 Å². The van der Waals surface area contributed by atoms with Gasteiger partial charge in [-0.05, 0) is 17.1 Å². The molecule has 1 aromatic carbocycles. The van der Waals surface area contributed by atoms with E-state index in [0.29, 0.717) is 12.6 Å². The number of para-hydroxylation sites is 1. The second kappa shape index (κ2) is 5.16. The van der Waals surface area contributed by atoms with Crippen molar-refractivity contribution in [2.24, 2.45) is 0 Å². The molecule has 0 amide bonds. The highest BCUT2D eigenvalue weighted by atomic mass is 32.1. The molecule has 0 saturated carbocycles. The minimum absolute atomic E-state index is 0.156. The van der Waals surface area contributed by atoms with E-state index in [0.717, 1.165) is 36.6 Å². The Bertz CT molecular complexity index is 915. The Labute approximate surface area is 146 Å². The minimum atomic E-state index is -0.489. The third-order valence-corrected chi connectivity index (χ3v) is 6.01. The van der Waals surface area contributed by atoms with Crippen molar-refractivity contribution in [1.29, 1.82) is 0 Å². The Hall–Kier alpha value is -2.68. The lowest BCUT2D eigenvalue weighted by Crippen LogP contribution is -2.47. The number of hydrogen-bond acceptors (Lipinski definition) is 7. The molecule has 0 radical (unpaired) electrons. The first-order valence-corrected chi connectivity index (χ1v) is 8.95. The Morgan fingerprint density at radius 1 is 1.24 bits per heavy atom. The molecule has 0 atom stereocenters. The van der Waals surface area contributed by atoms with Gasteiger partial charge in [0.15, 0.2) is 5.13 Å². The molecule has 1 saturated heterocycles. The highest BCUT2D eigenvalue weighted by Gasteiger charge is 2.46. The second-order valence-corrected chi connectivity index (χ2v) is 7.51. The van der Waals surface area contributed by atoms with Crippen molar-refractivity contribution in [2.45, 2.75) is 25.0 Å². The van der Waals surface area contributed by atoms with Gasteiger partial charge in [-0.15, -0.1) is 0 Å². The Balaban J connectivity index is 1.31. The van der Waals surface area contributed by atoms with Crippen molar-refractivity contribution >= 4 is 32.5 Å². The maximum absolute atomic E-state index is 10.8. The highest BCUT2D eigenvalue weighted by molar-refractivity contribution is 7.22. The van der Waals surface area contributed by atoms with E-state index in [1.54, 1.807) is 15.9 Å². The molecule has 0 N–H and O–H groups in total. The Kier molecular flexibility index (Phi) is 3.02. The van der Waals surface area contributed by atoms with Crippen molar-refractivity contribution in [1.82, 2.24) is 14.5 Å². The van der Waals surface area contributed by atoms with Gasteiger partial charge in [0, 0.05) is 30.9 Å². The van der Waals surface area contributed by atoms with Gasteiger partial charge in [-0.25, -0.2) is 4.98 Å². The highest BCUT2D eigenvalue weighted by Crippen LogP contribution is 2.39. The molecule has 25 heavy (non-hydrogen) atoms. The molecule has 0 bridgehead atoms. The number of fused-ring (bicyclic) bond motifs is 2. The van der Waals surface area contributed by atoms with Crippen molar-refractivity contribution < 1.29 is 9.66 Å². The van der Waals surface area contributed by atoms with Crippen LogP contribution in [0.25, 0.3) is 10.2 Å². The molecule has 9 heteroatoms. The summed E-state index contributed by atoms with van der Waals surface area (Å²) in [6.07, 6.45) is 3.16. The maximum atomic E-state index is 10.8. The van der Waals surface area contributed by atoms with E-state index < -0.39 is 4.92 Å². The summed E-state index contributed by atoms with van der Waals surface area (Å²) in [5.74, 6) is -0.156. The van der Waals surface area contributed by atoms with Crippen molar-refractivity contribution in [3.8, 4) is 6.01 Å². The predicted octanol–water partition coefficient (Wildman–Crippen LogP) is 2.83. The quantitative estimate of drug-likeness (QED) is 0.518. The van der Waals surface area contributed by atoms with E-state index in [1.165, 1.54) is 10.9 Å². The molecule has 1 spiro atoms. The van der Waals surface area contributed by atoms with Crippen molar-refractivity contribution in [2.75, 3.05) is 18.0 Å². The lowest BCUT2D eigenvalue weighted by molar-refractivity contribution is -0.389. The molecule has 128 valence electrons. The van der Waals surface area contributed by atoms with E-state index in [2.05, 4.69) is 16.0 Å². The summed E-state index contributed by atoms with van der Waals surface area (Å²) in [6, 6.07) is 8.52. The first-order valence-electron chi connectivity index (χ1n) is 8.13. The van der Waals surface area contributed by atoms with Gasteiger partial charge in [-0.1, -0.05) is 23.5 Å². The first kappa shape index (κ1) is 14.6. The molecule has 3 aromatic rings. The fourth-order valence-corrected chi connectivity index (χ4v) is 4.58. The van der Waals surface area contributed by atoms with Gasteiger partial charge in [-0.3, -0.25) is 4.57 Å². The number of rotatable bonds is 2. The van der Waals surface area contributed by atoms with E-state index in [9.17, 15) is 10.1 Å². The number of thiazole rings is 1. The van der Waals surface area contributed by atoms with Gasteiger partial charge in [0.1, 0.15) is 11.8 Å². The number of ether oxygens (including phenoxy) is 1. The fourth-order valence-electron chi connectivity index (χ4n) is 3.57. The summed E-state index contributed by atoms with van der Waals surface area (Å²) >= 11 is 1.71.